The molecule has 1 amide bonds. The Morgan fingerprint density at radius 1 is 1.48 bits per heavy atom. The highest BCUT2D eigenvalue weighted by molar-refractivity contribution is 9.10. The number of amides is 1. The number of rotatable bonds is 3. The van der Waals surface area contributed by atoms with E-state index >= 15 is 0 Å². The Hall–Kier alpha value is -0.570. The van der Waals surface area contributed by atoms with Crippen LogP contribution >= 0.6 is 39.3 Å². The van der Waals surface area contributed by atoms with Gasteiger partial charge < -0.3 is 4.90 Å². The summed E-state index contributed by atoms with van der Waals surface area (Å²) < 4.78 is 24.9. The fraction of sp³-hybridized carbons (Fsp3) is 0.500. The van der Waals surface area contributed by atoms with Crippen LogP contribution in [0, 0.1) is 5.92 Å². The zero-order valence-electron chi connectivity index (χ0n) is 13.8. The van der Waals surface area contributed by atoms with Gasteiger partial charge in [-0.15, -0.1) is 0 Å². The summed E-state index contributed by atoms with van der Waals surface area (Å²) in [7, 11) is -3.10. The number of carbonyl (C=O) groups excluding carboxylic acids is 1. The SMILES string of the molecule is CC[C@H](C)C(=O)N=C1S[C@H]2CS(=O)(=O)C[C@H]2N1c1ccc(Br)cc1Cl. The molecule has 2 aliphatic rings. The molecule has 136 valence electrons. The van der Waals surface area contributed by atoms with E-state index in [1.54, 1.807) is 6.07 Å². The van der Waals surface area contributed by atoms with E-state index in [-0.39, 0.29) is 34.6 Å². The minimum absolute atomic E-state index is 0.0492. The zero-order chi connectivity index (χ0) is 18.4. The number of benzene rings is 1. The lowest BCUT2D eigenvalue weighted by atomic mass is 10.1. The van der Waals surface area contributed by atoms with Gasteiger partial charge in [0.05, 0.1) is 28.3 Å². The number of nitrogens with zero attached hydrogens (tertiary/aromatic N) is 2. The number of fused-ring (bicyclic) bond motifs is 1. The second-order valence-corrected chi connectivity index (χ2v) is 11.0. The summed E-state index contributed by atoms with van der Waals surface area (Å²) in [6.45, 7) is 3.78. The van der Waals surface area contributed by atoms with Gasteiger partial charge in [-0.1, -0.05) is 53.1 Å². The van der Waals surface area contributed by atoms with Crippen LogP contribution in [0.25, 0.3) is 0 Å². The monoisotopic (exact) mass is 464 g/mol. The van der Waals surface area contributed by atoms with Gasteiger partial charge in [-0.2, -0.15) is 4.99 Å². The van der Waals surface area contributed by atoms with Gasteiger partial charge >= 0.3 is 0 Å². The van der Waals surface area contributed by atoms with Crippen LogP contribution in [-0.2, 0) is 14.6 Å². The van der Waals surface area contributed by atoms with Gasteiger partial charge in [-0.25, -0.2) is 8.42 Å². The molecule has 0 spiro atoms. The van der Waals surface area contributed by atoms with Crippen molar-refractivity contribution in [3.05, 3.63) is 27.7 Å². The topological polar surface area (TPSA) is 66.8 Å². The Bertz CT molecular complexity index is 844. The molecule has 3 rings (SSSR count). The van der Waals surface area contributed by atoms with Crippen LogP contribution < -0.4 is 4.90 Å². The number of carbonyl (C=O) groups is 1. The molecule has 2 aliphatic heterocycles. The largest absolute Gasteiger partial charge is 0.314 e. The molecule has 0 aliphatic carbocycles. The van der Waals surface area contributed by atoms with E-state index in [0.717, 1.165) is 4.47 Å². The van der Waals surface area contributed by atoms with Gasteiger partial charge in [0.15, 0.2) is 15.0 Å². The summed E-state index contributed by atoms with van der Waals surface area (Å²) in [4.78, 5) is 18.4. The number of halogens is 2. The molecule has 5 nitrogen and oxygen atoms in total. The Balaban J connectivity index is 2.04. The summed E-state index contributed by atoms with van der Waals surface area (Å²) >= 11 is 11.1. The molecule has 0 aromatic heterocycles. The zero-order valence-corrected chi connectivity index (χ0v) is 17.8. The molecular weight excluding hydrogens is 448 g/mol. The molecule has 25 heavy (non-hydrogen) atoms. The Kier molecular flexibility index (Phi) is 5.54. The van der Waals surface area contributed by atoms with Crippen molar-refractivity contribution < 1.29 is 13.2 Å². The van der Waals surface area contributed by atoms with E-state index in [9.17, 15) is 13.2 Å². The van der Waals surface area contributed by atoms with Gasteiger partial charge in [0.25, 0.3) is 5.91 Å². The molecule has 2 heterocycles. The maximum atomic E-state index is 12.3. The van der Waals surface area contributed by atoms with Gasteiger partial charge in [0, 0.05) is 15.6 Å². The smallest absolute Gasteiger partial charge is 0.250 e. The number of thioether (sulfide) groups is 1. The fourth-order valence-corrected chi connectivity index (χ4v) is 7.58. The molecule has 1 aromatic carbocycles. The van der Waals surface area contributed by atoms with Crippen molar-refractivity contribution in [2.45, 2.75) is 31.6 Å². The second-order valence-electron chi connectivity index (χ2n) is 6.31. The molecule has 0 radical (unpaired) electrons. The Morgan fingerprint density at radius 3 is 2.84 bits per heavy atom. The van der Waals surface area contributed by atoms with Crippen molar-refractivity contribution in [1.82, 2.24) is 0 Å². The predicted octanol–water partition coefficient (Wildman–Crippen LogP) is 3.75. The molecule has 0 unspecified atom stereocenters. The fourth-order valence-electron chi connectivity index (χ4n) is 2.90. The summed E-state index contributed by atoms with van der Waals surface area (Å²) in [6.07, 6.45) is 0.709. The minimum Gasteiger partial charge on any atom is -0.314 e. The van der Waals surface area contributed by atoms with Crippen LogP contribution in [-0.4, -0.2) is 42.3 Å². The number of anilines is 1. The van der Waals surface area contributed by atoms with Crippen LogP contribution in [0.5, 0.6) is 0 Å². The highest BCUT2D eigenvalue weighted by Gasteiger charge is 2.49. The Labute approximate surface area is 165 Å². The van der Waals surface area contributed by atoms with Crippen LogP contribution in [0.2, 0.25) is 5.02 Å². The normalized spacial score (nSPS) is 27.5. The van der Waals surface area contributed by atoms with E-state index in [1.807, 2.05) is 30.9 Å². The standard InChI is InChI=1S/C16H18BrClN2O3S2/c1-3-9(2)15(21)19-16-20(12-5-4-10(17)6-11(12)18)13-7-25(22,23)8-14(13)24-16/h4-6,9,13-14H,3,7-8H2,1-2H3/t9-,13+,14-/m0/s1. The number of amidine groups is 1. The van der Waals surface area contributed by atoms with Crippen LogP contribution in [0.15, 0.2) is 27.7 Å². The summed E-state index contributed by atoms with van der Waals surface area (Å²) in [5.41, 5.74) is 0.678. The lowest BCUT2D eigenvalue weighted by Gasteiger charge is -2.25. The van der Waals surface area contributed by atoms with E-state index in [1.165, 1.54) is 11.8 Å². The minimum atomic E-state index is -3.10. The molecular formula is C16H18BrClN2O3S2. The van der Waals surface area contributed by atoms with Crippen LogP contribution in [0.1, 0.15) is 20.3 Å². The van der Waals surface area contributed by atoms with Crippen LogP contribution in [0.4, 0.5) is 5.69 Å². The highest BCUT2D eigenvalue weighted by Crippen LogP contribution is 2.43. The van der Waals surface area contributed by atoms with Crippen molar-refractivity contribution in [2.24, 2.45) is 10.9 Å². The van der Waals surface area contributed by atoms with Gasteiger partial charge in [0.2, 0.25) is 0 Å². The van der Waals surface area contributed by atoms with Crippen molar-refractivity contribution in [3.8, 4) is 0 Å². The third-order valence-electron chi connectivity index (χ3n) is 4.48. The Morgan fingerprint density at radius 2 is 2.20 bits per heavy atom. The predicted molar refractivity (Wildman–Crippen MR) is 107 cm³/mol. The molecule has 0 bridgehead atoms. The quantitative estimate of drug-likeness (QED) is 0.680. The lowest BCUT2D eigenvalue weighted by Crippen LogP contribution is -2.38. The van der Waals surface area contributed by atoms with E-state index in [2.05, 4.69) is 20.9 Å². The summed E-state index contributed by atoms with van der Waals surface area (Å²) in [5.74, 6) is -0.206. The van der Waals surface area contributed by atoms with Gasteiger partial charge in [-0.05, 0) is 24.6 Å². The number of hydrogen-bond acceptors (Lipinski definition) is 4. The van der Waals surface area contributed by atoms with Crippen LogP contribution in [0.3, 0.4) is 0 Å². The summed E-state index contributed by atoms with van der Waals surface area (Å²) in [5, 5.41) is 0.899. The van der Waals surface area contributed by atoms with E-state index in [4.69, 9.17) is 11.6 Å². The summed E-state index contributed by atoms with van der Waals surface area (Å²) in [6, 6.07) is 5.17. The molecule has 9 heteroatoms. The molecule has 0 N–H and O–H groups in total. The molecule has 2 fully saturated rings. The highest BCUT2D eigenvalue weighted by atomic mass is 79.9. The lowest BCUT2D eigenvalue weighted by molar-refractivity contribution is -0.121. The molecule has 3 atom stereocenters. The van der Waals surface area contributed by atoms with Crippen molar-refractivity contribution >= 4 is 65.9 Å². The van der Waals surface area contributed by atoms with Crippen molar-refractivity contribution in [3.63, 3.8) is 0 Å². The van der Waals surface area contributed by atoms with Crippen molar-refractivity contribution in [1.29, 1.82) is 0 Å². The van der Waals surface area contributed by atoms with Crippen molar-refractivity contribution in [2.75, 3.05) is 16.4 Å². The third-order valence-corrected chi connectivity index (χ3v) is 8.48. The number of sulfone groups is 1. The number of aliphatic imine (C=N–C) groups is 1. The number of hydrogen-bond donors (Lipinski definition) is 0. The van der Waals surface area contributed by atoms with Gasteiger partial charge in [0.1, 0.15) is 0 Å². The molecule has 1 aromatic rings. The van der Waals surface area contributed by atoms with E-state index in [0.29, 0.717) is 22.3 Å². The first-order chi connectivity index (χ1) is 11.7. The van der Waals surface area contributed by atoms with E-state index < -0.39 is 9.84 Å². The first-order valence-electron chi connectivity index (χ1n) is 7.95. The maximum absolute atomic E-state index is 12.3. The third kappa shape index (κ3) is 3.91. The average Bonchev–Trinajstić information content (AvgIpc) is 2.98. The molecule has 0 saturated carbocycles. The van der Waals surface area contributed by atoms with Gasteiger partial charge in [-0.3, -0.25) is 4.79 Å². The average molecular weight is 466 g/mol. The first kappa shape index (κ1) is 19.2. The molecule has 2 saturated heterocycles. The first-order valence-corrected chi connectivity index (χ1v) is 11.8. The maximum Gasteiger partial charge on any atom is 0.250 e. The second kappa shape index (κ2) is 7.21.